The molecule has 8 nitrogen and oxygen atoms in total. The van der Waals surface area contributed by atoms with Gasteiger partial charge in [-0.3, -0.25) is 4.79 Å². The van der Waals surface area contributed by atoms with E-state index in [-0.39, 0.29) is 25.6 Å². The van der Waals surface area contributed by atoms with Crippen molar-refractivity contribution in [2.45, 2.75) is 64.8 Å². The molecule has 8 heteroatoms. The highest BCUT2D eigenvalue weighted by atomic mass is 16.5. The third kappa shape index (κ3) is 7.52. The highest BCUT2D eigenvalue weighted by Crippen LogP contribution is 2.44. The molecule has 0 spiro atoms. The van der Waals surface area contributed by atoms with Crippen LogP contribution in [-0.2, 0) is 25.7 Å². The van der Waals surface area contributed by atoms with Crippen LogP contribution in [0.25, 0.3) is 11.1 Å². The second kappa shape index (κ2) is 13.0. The van der Waals surface area contributed by atoms with Crippen molar-refractivity contribution in [3.63, 3.8) is 0 Å². The van der Waals surface area contributed by atoms with Gasteiger partial charge in [-0.05, 0) is 40.2 Å². The predicted molar refractivity (Wildman–Crippen MR) is 156 cm³/mol. The van der Waals surface area contributed by atoms with Crippen molar-refractivity contribution < 1.29 is 29.0 Å². The molecule has 3 unspecified atom stereocenters. The first-order valence-electron chi connectivity index (χ1n) is 13.8. The number of fused-ring (bicyclic) bond motifs is 3. The zero-order valence-electron chi connectivity index (χ0n) is 23.9. The van der Waals surface area contributed by atoms with Crippen LogP contribution in [0.3, 0.4) is 0 Å². The van der Waals surface area contributed by atoms with Gasteiger partial charge in [-0.25, -0.2) is 9.59 Å². The Morgan fingerprint density at radius 1 is 0.854 bits per heavy atom. The average molecular weight is 559 g/mol. The summed E-state index contributed by atoms with van der Waals surface area (Å²) in [7, 11) is 0. The van der Waals surface area contributed by atoms with Gasteiger partial charge in [0, 0.05) is 18.4 Å². The number of amides is 2. The van der Waals surface area contributed by atoms with Crippen LogP contribution in [0.2, 0.25) is 0 Å². The van der Waals surface area contributed by atoms with Crippen molar-refractivity contribution in [2.24, 2.45) is 5.41 Å². The Morgan fingerprint density at radius 2 is 1.41 bits per heavy atom. The molecule has 0 fully saturated rings. The fourth-order valence-corrected chi connectivity index (χ4v) is 5.05. The van der Waals surface area contributed by atoms with E-state index in [4.69, 9.17) is 9.47 Å². The Bertz CT molecular complexity index is 1320. The van der Waals surface area contributed by atoms with Gasteiger partial charge in [0.25, 0.3) is 0 Å². The van der Waals surface area contributed by atoms with Crippen molar-refractivity contribution in [3.8, 4) is 11.1 Å². The zero-order chi connectivity index (χ0) is 29.6. The van der Waals surface area contributed by atoms with E-state index in [1.54, 1.807) is 6.92 Å². The number of benzene rings is 3. The largest absolute Gasteiger partial charge is 0.480 e. The molecule has 0 radical (unpaired) electrons. The number of aliphatic carboxylic acids is 1. The van der Waals surface area contributed by atoms with Crippen LogP contribution in [0.1, 0.15) is 56.7 Å². The number of rotatable bonds is 11. The number of nitrogens with one attached hydrogen (secondary N) is 2. The Balaban J connectivity index is 1.35. The van der Waals surface area contributed by atoms with E-state index < -0.39 is 41.6 Å². The number of hydrogen-bond acceptors (Lipinski definition) is 5. The van der Waals surface area contributed by atoms with Crippen LogP contribution < -0.4 is 10.6 Å². The summed E-state index contributed by atoms with van der Waals surface area (Å²) in [6.07, 6.45) is -1.53. The molecule has 216 valence electrons. The monoisotopic (exact) mass is 558 g/mol. The van der Waals surface area contributed by atoms with Crippen LogP contribution in [0.5, 0.6) is 0 Å². The maximum atomic E-state index is 13.0. The summed E-state index contributed by atoms with van der Waals surface area (Å²) in [5.74, 6) is -1.79. The van der Waals surface area contributed by atoms with Crippen molar-refractivity contribution in [3.05, 3.63) is 95.6 Å². The molecule has 0 saturated carbocycles. The molecule has 1 aliphatic carbocycles. The Hall–Kier alpha value is -4.17. The summed E-state index contributed by atoms with van der Waals surface area (Å²) < 4.78 is 11.4. The van der Waals surface area contributed by atoms with E-state index in [1.807, 2.05) is 87.5 Å². The summed E-state index contributed by atoms with van der Waals surface area (Å²) >= 11 is 0. The van der Waals surface area contributed by atoms with Crippen LogP contribution in [0, 0.1) is 5.41 Å². The van der Waals surface area contributed by atoms with E-state index in [1.165, 1.54) is 0 Å². The number of carboxylic acid groups (broad SMARTS) is 1. The maximum Gasteiger partial charge on any atom is 0.407 e. The molecule has 0 aliphatic heterocycles. The van der Waals surface area contributed by atoms with Crippen molar-refractivity contribution in [1.82, 2.24) is 10.6 Å². The summed E-state index contributed by atoms with van der Waals surface area (Å²) in [5.41, 5.74) is 4.88. The van der Waals surface area contributed by atoms with Gasteiger partial charge in [0.2, 0.25) is 5.91 Å². The quantitative estimate of drug-likeness (QED) is 0.286. The molecule has 3 aromatic carbocycles. The van der Waals surface area contributed by atoms with Crippen molar-refractivity contribution >= 4 is 18.0 Å². The van der Waals surface area contributed by atoms with Gasteiger partial charge in [-0.2, -0.15) is 0 Å². The first kappa shape index (κ1) is 29.8. The highest BCUT2D eigenvalue weighted by Gasteiger charge is 2.34. The van der Waals surface area contributed by atoms with Crippen LogP contribution in [0.4, 0.5) is 4.79 Å². The molecule has 41 heavy (non-hydrogen) atoms. The lowest BCUT2D eigenvalue weighted by Gasteiger charge is -2.31. The van der Waals surface area contributed by atoms with E-state index >= 15 is 0 Å². The van der Waals surface area contributed by atoms with E-state index in [9.17, 15) is 19.5 Å². The first-order chi connectivity index (χ1) is 19.5. The normalized spacial score (nSPS) is 14.7. The molecular formula is C33H38N2O6. The lowest BCUT2D eigenvalue weighted by Crippen LogP contribution is -2.52. The second-order valence-electron chi connectivity index (χ2n) is 11.5. The minimum atomic E-state index is -1.25. The minimum Gasteiger partial charge on any atom is -0.480 e. The molecule has 0 bridgehead atoms. The Kier molecular flexibility index (Phi) is 9.45. The van der Waals surface area contributed by atoms with Gasteiger partial charge < -0.3 is 25.2 Å². The maximum absolute atomic E-state index is 13.0. The third-order valence-corrected chi connectivity index (χ3v) is 7.48. The summed E-state index contributed by atoms with van der Waals surface area (Å²) in [6.45, 7) is 7.67. The fraction of sp³-hybridized carbons (Fsp3) is 0.364. The topological polar surface area (TPSA) is 114 Å². The highest BCUT2D eigenvalue weighted by molar-refractivity contribution is 5.85. The Morgan fingerprint density at radius 3 is 1.98 bits per heavy atom. The molecule has 3 atom stereocenters. The van der Waals surface area contributed by atoms with Gasteiger partial charge in [0.15, 0.2) is 6.04 Å². The van der Waals surface area contributed by atoms with Crippen LogP contribution >= 0.6 is 0 Å². The van der Waals surface area contributed by atoms with Crippen molar-refractivity contribution in [2.75, 3.05) is 6.61 Å². The van der Waals surface area contributed by atoms with Gasteiger partial charge >= 0.3 is 12.1 Å². The van der Waals surface area contributed by atoms with Crippen LogP contribution in [0.15, 0.2) is 78.9 Å². The molecular weight excluding hydrogens is 520 g/mol. The lowest BCUT2D eigenvalue weighted by molar-refractivity contribution is -0.146. The molecule has 3 aromatic rings. The summed E-state index contributed by atoms with van der Waals surface area (Å²) in [6, 6.07) is 23.7. The Labute approximate surface area is 241 Å². The summed E-state index contributed by atoms with van der Waals surface area (Å²) in [5, 5.41) is 15.2. The summed E-state index contributed by atoms with van der Waals surface area (Å²) in [4.78, 5) is 37.9. The molecule has 0 saturated heterocycles. The number of hydrogen-bond donors (Lipinski definition) is 3. The number of ether oxygens (including phenoxy) is 2. The standard InChI is InChI=1S/C33H38N2O6/c1-21(40-19-22-12-6-5-7-13-22)30(31(37)38)35-29(36)18-28(33(2,3)4)34-32(39)41-20-27-25-16-10-8-14-23(25)24-15-9-11-17-26(24)27/h5-17,21,27-28,30H,18-20H2,1-4H3,(H,34,39)(H,35,36)(H,37,38). The number of carboxylic acids is 1. The zero-order valence-corrected chi connectivity index (χ0v) is 23.9. The number of carbonyl (C=O) groups excluding carboxylic acids is 2. The lowest BCUT2D eigenvalue weighted by atomic mass is 9.84. The van der Waals surface area contributed by atoms with Gasteiger partial charge in [-0.15, -0.1) is 0 Å². The SMILES string of the molecule is CC(OCc1ccccc1)C(NC(=O)CC(NC(=O)OCC1c2ccccc2-c2ccccc21)C(C)(C)C)C(=O)O. The van der Waals surface area contributed by atoms with E-state index in [0.29, 0.717) is 0 Å². The number of alkyl carbamates (subject to hydrolysis) is 1. The van der Waals surface area contributed by atoms with Gasteiger partial charge in [0.1, 0.15) is 6.61 Å². The second-order valence-corrected chi connectivity index (χ2v) is 11.5. The molecule has 1 aliphatic rings. The fourth-order valence-electron chi connectivity index (χ4n) is 5.05. The number of carbonyl (C=O) groups is 3. The van der Waals surface area contributed by atoms with Gasteiger partial charge in [-0.1, -0.05) is 99.6 Å². The predicted octanol–water partition coefficient (Wildman–Crippen LogP) is 5.50. The van der Waals surface area contributed by atoms with Gasteiger partial charge in [0.05, 0.1) is 12.7 Å². The smallest absolute Gasteiger partial charge is 0.407 e. The van der Waals surface area contributed by atoms with Crippen LogP contribution in [-0.4, -0.2) is 47.9 Å². The molecule has 3 N–H and O–H groups in total. The van der Waals surface area contributed by atoms with E-state index in [0.717, 1.165) is 27.8 Å². The first-order valence-corrected chi connectivity index (χ1v) is 13.8. The third-order valence-electron chi connectivity index (χ3n) is 7.48. The molecule has 4 rings (SSSR count). The molecule has 0 heterocycles. The van der Waals surface area contributed by atoms with Crippen molar-refractivity contribution in [1.29, 1.82) is 0 Å². The molecule has 0 aromatic heterocycles. The average Bonchev–Trinajstić information content (AvgIpc) is 3.26. The minimum absolute atomic E-state index is 0.0850. The van der Waals surface area contributed by atoms with E-state index in [2.05, 4.69) is 22.8 Å². The molecule has 2 amide bonds.